The van der Waals surface area contributed by atoms with Gasteiger partial charge in [0, 0.05) is 0 Å². The molecule has 0 spiro atoms. The van der Waals surface area contributed by atoms with Gasteiger partial charge in [-0.2, -0.15) is 10.4 Å². The van der Waals surface area contributed by atoms with Crippen LogP contribution in [-0.4, -0.2) is 29.5 Å². The number of rotatable bonds is 4. The summed E-state index contributed by atoms with van der Waals surface area (Å²) in [6.45, 7) is 1.65. The molecule has 0 saturated heterocycles. The summed E-state index contributed by atoms with van der Waals surface area (Å²) in [5, 5.41) is 25.1. The Morgan fingerprint density at radius 3 is 2.39 bits per heavy atom. The highest BCUT2D eigenvalue weighted by Gasteiger charge is 2.11. The van der Waals surface area contributed by atoms with E-state index < -0.39 is 5.56 Å². The first-order chi connectivity index (χ1) is 11.0. The van der Waals surface area contributed by atoms with E-state index in [1.807, 2.05) is 6.07 Å². The van der Waals surface area contributed by atoms with Crippen molar-refractivity contribution in [2.75, 3.05) is 14.2 Å². The van der Waals surface area contributed by atoms with Crippen LogP contribution in [0.25, 0.3) is 12.2 Å². The number of aromatic amines is 1. The zero-order chi connectivity index (χ0) is 17.0. The highest BCUT2D eigenvalue weighted by Crippen LogP contribution is 2.37. The van der Waals surface area contributed by atoms with Gasteiger partial charge in [0.1, 0.15) is 11.6 Å². The number of nitrogens with one attached hydrogen (secondary N) is 1. The number of benzene rings is 1. The minimum absolute atomic E-state index is 0.0283. The fraction of sp³-hybridized carbons (Fsp3) is 0.188. The van der Waals surface area contributed by atoms with Crippen LogP contribution in [0.5, 0.6) is 17.2 Å². The van der Waals surface area contributed by atoms with Crippen LogP contribution in [0.4, 0.5) is 0 Å². The molecule has 0 aliphatic rings. The van der Waals surface area contributed by atoms with E-state index in [9.17, 15) is 9.90 Å². The van der Waals surface area contributed by atoms with Crippen LogP contribution in [0.15, 0.2) is 16.9 Å². The van der Waals surface area contributed by atoms with Crippen molar-refractivity contribution in [2.45, 2.75) is 6.92 Å². The molecule has 23 heavy (non-hydrogen) atoms. The van der Waals surface area contributed by atoms with Gasteiger partial charge in [0.2, 0.25) is 5.75 Å². The van der Waals surface area contributed by atoms with Crippen molar-refractivity contribution < 1.29 is 14.6 Å². The second-order valence-corrected chi connectivity index (χ2v) is 4.66. The Bertz CT molecular complexity index is 838. The zero-order valence-corrected chi connectivity index (χ0v) is 12.9. The Hall–Kier alpha value is -3.27. The standard InChI is InChI=1S/C16H15N3O4/c1-9-11(8-17)16(21)19-18-12(9)5-4-10-6-13(22-2)15(20)14(7-10)23-3/h4-7,20H,1-3H3,(H,19,21)/b5-4+. The van der Waals surface area contributed by atoms with Gasteiger partial charge in [-0.1, -0.05) is 6.08 Å². The normalized spacial score (nSPS) is 10.5. The highest BCUT2D eigenvalue weighted by atomic mass is 16.5. The summed E-state index contributed by atoms with van der Waals surface area (Å²) >= 11 is 0. The summed E-state index contributed by atoms with van der Waals surface area (Å²) in [5.74, 6) is 0.456. The molecule has 0 saturated carbocycles. The van der Waals surface area contributed by atoms with Crippen LogP contribution in [0.3, 0.4) is 0 Å². The number of phenolic OH excluding ortho intramolecular Hbond substituents is 1. The molecule has 0 atom stereocenters. The van der Waals surface area contributed by atoms with Gasteiger partial charge in [0.25, 0.3) is 5.56 Å². The highest BCUT2D eigenvalue weighted by molar-refractivity contribution is 5.72. The number of H-pyrrole nitrogens is 1. The molecule has 2 N–H and O–H groups in total. The van der Waals surface area contributed by atoms with Crippen molar-refractivity contribution in [2.24, 2.45) is 0 Å². The van der Waals surface area contributed by atoms with Crippen LogP contribution in [0.1, 0.15) is 22.4 Å². The summed E-state index contributed by atoms with van der Waals surface area (Å²) in [7, 11) is 2.88. The molecule has 0 amide bonds. The fourth-order valence-corrected chi connectivity index (χ4v) is 2.03. The maximum absolute atomic E-state index is 11.5. The summed E-state index contributed by atoms with van der Waals surface area (Å²) in [6.07, 6.45) is 3.36. The molecule has 1 aromatic carbocycles. The van der Waals surface area contributed by atoms with E-state index in [4.69, 9.17) is 14.7 Å². The van der Waals surface area contributed by atoms with Crippen molar-refractivity contribution in [1.82, 2.24) is 10.2 Å². The number of methoxy groups -OCH3 is 2. The molecule has 2 aromatic rings. The first-order valence-corrected chi connectivity index (χ1v) is 6.64. The Balaban J connectivity index is 2.46. The number of hydrogen-bond donors (Lipinski definition) is 2. The van der Waals surface area contributed by atoms with E-state index in [0.717, 1.165) is 0 Å². The minimum atomic E-state index is -0.518. The van der Waals surface area contributed by atoms with E-state index >= 15 is 0 Å². The van der Waals surface area contributed by atoms with Crippen LogP contribution in [0, 0.1) is 18.3 Å². The van der Waals surface area contributed by atoms with Gasteiger partial charge in [-0.15, -0.1) is 0 Å². The van der Waals surface area contributed by atoms with E-state index in [0.29, 0.717) is 16.8 Å². The first-order valence-electron chi connectivity index (χ1n) is 6.64. The zero-order valence-electron chi connectivity index (χ0n) is 12.9. The number of nitriles is 1. The van der Waals surface area contributed by atoms with Crippen molar-refractivity contribution in [3.8, 4) is 23.3 Å². The first kappa shape index (κ1) is 16.1. The molecule has 7 heteroatoms. The van der Waals surface area contributed by atoms with Crippen LogP contribution in [-0.2, 0) is 0 Å². The van der Waals surface area contributed by atoms with E-state index in [1.54, 1.807) is 31.2 Å². The lowest BCUT2D eigenvalue weighted by molar-refractivity contribution is 0.340. The van der Waals surface area contributed by atoms with E-state index in [2.05, 4.69) is 10.2 Å². The van der Waals surface area contributed by atoms with Gasteiger partial charge in [-0.05, 0) is 36.3 Å². The average molecular weight is 313 g/mol. The van der Waals surface area contributed by atoms with E-state index in [-0.39, 0.29) is 22.8 Å². The molecule has 0 aliphatic heterocycles. The fourth-order valence-electron chi connectivity index (χ4n) is 2.03. The summed E-state index contributed by atoms with van der Waals surface area (Å²) in [4.78, 5) is 11.5. The Morgan fingerprint density at radius 1 is 1.26 bits per heavy atom. The Morgan fingerprint density at radius 2 is 1.87 bits per heavy atom. The Kier molecular flexibility index (Phi) is 4.66. The lowest BCUT2D eigenvalue weighted by Crippen LogP contribution is -2.15. The van der Waals surface area contributed by atoms with Crippen LogP contribution >= 0.6 is 0 Å². The van der Waals surface area contributed by atoms with Crippen molar-refractivity contribution in [3.05, 3.63) is 44.9 Å². The molecular formula is C16H15N3O4. The van der Waals surface area contributed by atoms with Gasteiger partial charge in [0.15, 0.2) is 11.5 Å². The third-order valence-electron chi connectivity index (χ3n) is 3.31. The molecule has 2 rings (SSSR count). The predicted molar refractivity (Wildman–Crippen MR) is 84.4 cm³/mol. The molecule has 0 bridgehead atoms. The molecule has 0 fully saturated rings. The van der Waals surface area contributed by atoms with Crippen molar-refractivity contribution >= 4 is 12.2 Å². The summed E-state index contributed by atoms with van der Waals surface area (Å²) < 4.78 is 10.2. The molecule has 0 unspecified atom stereocenters. The number of aromatic nitrogens is 2. The van der Waals surface area contributed by atoms with Crippen molar-refractivity contribution in [1.29, 1.82) is 5.26 Å². The number of hydrogen-bond acceptors (Lipinski definition) is 6. The third kappa shape index (κ3) is 3.16. The largest absolute Gasteiger partial charge is 0.502 e. The number of ether oxygens (including phenoxy) is 2. The molecule has 0 aliphatic carbocycles. The lowest BCUT2D eigenvalue weighted by atomic mass is 10.1. The number of nitrogens with zero attached hydrogens (tertiary/aromatic N) is 2. The molecule has 1 heterocycles. The van der Waals surface area contributed by atoms with Gasteiger partial charge in [-0.25, -0.2) is 5.10 Å². The Labute approximate surface area is 132 Å². The maximum Gasteiger partial charge on any atom is 0.282 e. The van der Waals surface area contributed by atoms with Gasteiger partial charge < -0.3 is 14.6 Å². The monoisotopic (exact) mass is 313 g/mol. The third-order valence-corrected chi connectivity index (χ3v) is 3.31. The number of aromatic hydroxyl groups is 1. The van der Waals surface area contributed by atoms with E-state index in [1.165, 1.54) is 14.2 Å². The summed E-state index contributed by atoms with van der Waals surface area (Å²) in [5.41, 5.74) is 1.16. The van der Waals surface area contributed by atoms with Gasteiger partial charge in [-0.3, -0.25) is 4.79 Å². The second kappa shape index (κ2) is 6.66. The SMILES string of the molecule is COc1cc(/C=C/c2n[nH]c(=O)c(C#N)c2C)cc(OC)c1O. The maximum atomic E-state index is 11.5. The lowest BCUT2D eigenvalue weighted by Gasteiger charge is -2.09. The van der Waals surface area contributed by atoms with Gasteiger partial charge in [0.05, 0.1) is 19.9 Å². The minimum Gasteiger partial charge on any atom is -0.502 e. The molecule has 0 radical (unpaired) electrons. The smallest absolute Gasteiger partial charge is 0.282 e. The molecule has 7 nitrogen and oxygen atoms in total. The topological polar surface area (TPSA) is 108 Å². The van der Waals surface area contributed by atoms with Crippen LogP contribution < -0.4 is 15.0 Å². The van der Waals surface area contributed by atoms with Crippen molar-refractivity contribution in [3.63, 3.8) is 0 Å². The van der Waals surface area contributed by atoms with Crippen LogP contribution in [0.2, 0.25) is 0 Å². The van der Waals surface area contributed by atoms with Gasteiger partial charge >= 0.3 is 0 Å². The predicted octanol–water partition coefficient (Wildman–Crippen LogP) is 1.84. The molecule has 118 valence electrons. The molecular weight excluding hydrogens is 298 g/mol. The quantitative estimate of drug-likeness (QED) is 0.891. The molecule has 1 aromatic heterocycles. The average Bonchev–Trinajstić information content (AvgIpc) is 2.55. The number of phenols is 1. The second-order valence-electron chi connectivity index (χ2n) is 4.66. The summed E-state index contributed by atoms with van der Waals surface area (Å²) in [6, 6.07) is 5.11.